The lowest BCUT2D eigenvalue weighted by Gasteiger charge is -2.29. The lowest BCUT2D eigenvalue weighted by molar-refractivity contribution is 0.169. The minimum atomic E-state index is -0.234. The minimum absolute atomic E-state index is 0.0800. The molecule has 0 saturated carbocycles. The molecule has 4 rings (SSSR count). The number of fused-ring (bicyclic) bond motifs is 1. The fraction of sp³-hybridized carbons (Fsp3) is 0.450. The molecule has 3 heterocycles. The zero-order valence-electron chi connectivity index (χ0n) is 16.0. The summed E-state index contributed by atoms with van der Waals surface area (Å²) >= 11 is 0. The van der Waals surface area contributed by atoms with Crippen molar-refractivity contribution in [3.05, 3.63) is 59.2 Å². The largest absolute Gasteiger partial charge is 0.291 e. The molecule has 1 aromatic carbocycles. The van der Waals surface area contributed by atoms with Gasteiger partial charge in [-0.15, -0.1) is 0 Å². The Kier molecular flexibility index (Phi) is 4.55. The SMILES string of the molecule is CCc1n[nH]c(CN2Cc3cnn(-c4ccc(F)cc4)c3CC(C)(C)C2)n1. The molecule has 0 unspecified atom stereocenters. The molecule has 142 valence electrons. The standard InChI is InChI=1S/C20H25FN6/c1-4-18-23-19(25-24-18)12-26-11-14-10-22-27(16-7-5-15(21)6-8-16)17(14)9-20(2,3)13-26/h5-8,10H,4,9,11-13H2,1-3H3,(H,23,24,25). The minimum Gasteiger partial charge on any atom is -0.291 e. The van der Waals surface area contributed by atoms with Gasteiger partial charge in [-0.1, -0.05) is 20.8 Å². The van der Waals surface area contributed by atoms with Crippen LogP contribution in [0.2, 0.25) is 0 Å². The van der Waals surface area contributed by atoms with Crippen LogP contribution < -0.4 is 0 Å². The van der Waals surface area contributed by atoms with Gasteiger partial charge in [0.25, 0.3) is 0 Å². The van der Waals surface area contributed by atoms with Gasteiger partial charge in [-0.25, -0.2) is 14.1 Å². The molecular formula is C20H25FN6. The van der Waals surface area contributed by atoms with Crippen molar-refractivity contribution in [2.45, 2.75) is 46.7 Å². The van der Waals surface area contributed by atoms with Crippen molar-refractivity contribution in [3.8, 4) is 5.69 Å². The Morgan fingerprint density at radius 3 is 2.70 bits per heavy atom. The molecule has 1 N–H and O–H groups in total. The predicted molar refractivity (Wildman–Crippen MR) is 101 cm³/mol. The van der Waals surface area contributed by atoms with Gasteiger partial charge in [0.2, 0.25) is 0 Å². The van der Waals surface area contributed by atoms with E-state index in [0.29, 0.717) is 0 Å². The lowest BCUT2D eigenvalue weighted by Crippen LogP contribution is -2.33. The molecule has 0 bridgehead atoms. The predicted octanol–water partition coefficient (Wildman–Crippen LogP) is 3.28. The number of hydrogen-bond donors (Lipinski definition) is 1. The molecule has 0 radical (unpaired) electrons. The third kappa shape index (κ3) is 3.78. The van der Waals surface area contributed by atoms with Crippen molar-refractivity contribution in [1.29, 1.82) is 0 Å². The van der Waals surface area contributed by atoms with E-state index in [0.717, 1.165) is 49.8 Å². The molecule has 0 aliphatic carbocycles. The van der Waals surface area contributed by atoms with Gasteiger partial charge in [-0.3, -0.25) is 10.00 Å². The third-order valence-corrected chi connectivity index (χ3v) is 4.99. The molecule has 0 fully saturated rings. The van der Waals surface area contributed by atoms with Gasteiger partial charge in [0.15, 0.2) is 0 Å². The Balaban J connectivity index is 1.63. The van der Waals surface area contributed by atoms with Crippen molar-refractivity contribution < 1.29 is 4.39 Å². The van der Waals surface area contributed by atoms with Crippen LogP contribution in [0.25, 0.3) is 5.69 Å². The van der Waals surface area contributed by atoms with Gasteiger partial charge in [0.1, 0.15) is 17.5 Å². The molecule has 3 aromatic rings. The maximum Gasteiger partial charge on any atom is 0.150 e. The Hall–Kier alpha value is -2.54. The van der Waals surface area contributed by atoms with Crippen LogP contribution in [0.4, 0.5) is 4.39 Å². The van der Waals surface area contributed by atoms with Gasteiger partial charge < -0.3 is 0 Å². The summed E-state index contributed by atoms with van der Waals surface area (Å²) in [6.45, 7) is 9.09. The summed E-state index contributed by atoms with van der Waals surface area (Å²) in [4.78, 5) is 6.94. The average molecular weight is 368 g/mol. The second-order valence-corrected chi connectivity index (χ2v) is 8.04. The summed E-state index contributed by atoms with van der Waals surface area (Å²) in [5.74, 6) is 1.52. The number of hydrogen-bond acceptors (Lipinski definition) is 4. The highest BCUT2D eigenvalue weighted by molar-refractivity contribution is 5.36. The van der Waals surface area contributed by atoms with Crippen LogP contribution >= 0.6 is 0 Å². The fourth-order valence-corrected chi connectivity index (χ4v) is 3.83. The highest BCUT2D eigenvalue weighted by atomic mass is 19.1. The van der Waals surface area contributed by atoms with Crippen molar-refractivity contribution in [2.24, 2.45) is 5.41 Å². The normalized spacial score (nSPS) is 16.9. The van der Waals surface area contributed by atoms with E-state index in [4.69, 9.17) is 0 Å². The molecule has 1 aliphatic heterocycles. The zero-order valence-corrected chi connectivity index (χ0v) is 16.0. The zero-order chi connectivity index (χ0) is 19.0. The summed E-state index contributed by atoms with van der Waals surface area (Å²) in [7, 11) is 0. The van der Waals surface area contributed by atoms with E-state index in [1.54, 1.807) is 12.1 Å². The second kappa shape index (κ2) is 6.88. The monoisotopic (exact) mass is 368 g/mol. The highest BCUT2D eigenvalue weighted by Crippen LogP contribution is 2.32. The van der Waals surface area contributed by atoms with Gasteiger partial charge >= 0.3 is 0 Å². The summed E-state index contributed by atoms with van der Waals surface area (Å²) in [6.07, 6.45) is 3.67. The van der Waals surface area contributed by atoms with E-state index in [-0.39, 0.29) is 11.2 Å². The molecule has 1 aliphatic rings. The Labute approximate surface area is 158 Å². The molecule has 2 aromatic heterocycles. The number of benzene rings is 1. The van der Waals surface area contributed by atoms with E-state index in [1.165, 1.54) is 23.4 Å². The Bertz CT molecular complexity index is 924. The summed E-state index contributed by atoms with van der Waals surface area (Å²) in [6, 6.07) is 6.51. The fourth-order valence-electron chi connectivity index (χ4n) is 3.83. The number of halogens is 1. The van der Waals surface area contributed by atoms with Crippen LogP contribution in [0.3, 0.4) is 0 Å². The van der Waals surface area contributed by atoms with Crippen LogP contribution in [-0.4, -0.2) is 36.4 Å². The Morgan fingerprint density at radius 1 is 1.22 bits per heavy atom. The lowest BCUT2D eigenvalue weighted by atomic mass is 9.87. The van der Waals surface area contributed by atoms with Gasteiger partial charge in [0, 0.05) is 30.8 Å². The van der Waals surface area contributed by atoms with E-state index >= 15 is 0 Å². The van der Waals surface area contributed by atoms with Crippen molar-refractivity contribution in [2.75, 3.05) is 6.54 Å². The molecular weight excluding hydrogens is 343 g/mol. The average Bonchev–Trinajstić information content (AvgIpc) is 3.19. The van der Waals surface area contributed by atoms with Gasteiger partial charge in [0.05, 0.1) is 18.4 Å². The molecule has 27 heavy (non-hydrogen) atoms. The van der Waals surface area contributed by atoms with Gasteiger partial charge in [-0.05, 0) is 36.1 Å². The first kappa shape index (κ1) is 17.9. The number of nitrogens with zero attached hydrogens (tertiary/aromatic N) is 5. The van der Waals surface area contributed by atoms with Crippen LogP contribution in [0.15, 0.2) is 30.5 Å². The smallest absolute Gasteiger partial charge is 0.150 e. The first-order valence-electron chi connectivity index (χ1n) is 9.38. The first-order chi connectivity index (χ1) is 12.9. The quantitative estimate of drug-likeness (QED) is 0.768. The molecule has 0 amide bonds. The van der Waals surface area contributed by atoms with Crippen LogP contribution in [0.1, 0.15) is 43.7 Å². The summed E-state index contributed by atoms with van der Waals surface area (Å²) in [5, 5.41) is 11.9. The highest BCUT2D eigenvalue weighted by Gasteiger charge is 2.31. The van der Waals surface area contributed by atoms with Crippen LogP contribution in [0, 0.1) is 11.2 Å². The van der Waals surface area contributed by atoms with E-state index in [1.807, 2.05) is 10.9 Å². The third-order valence-electron chi connectivity index (χ3n) is 4.99. The molecule has 0 atom stereocenters. The van der Waals surface area contributed by atoms with Crippen molar-refractivity contribution in [3.63, 3.8) is 0 Å². The second-order valence-electron chi connectivity index (χ2n) is 8.04. The molecule has 0 saturated heterocycles. The maximum absolute atomic E-state index is 13.3. The number of rotatable bonds is 4. The first-order valence-corrected chi connectivity index (χ1v) is 9.38. The van der Waals surface area contributed by atoms with Crippen molar-refractivity contribution >= 4 is 0 Å². The van der Waals surface area contributed by atoms with E-state index in [2.05, 4.69) is 46.0 Å². The summed E-state index contributed by atoms with van der Waals surface area (Å²) < 4.78 is 15.2. The van der Waals surface area contributed by atoms with E-state index < -0.39 is 0 Å². The summed E-state index contributed by atoms with van der Waals surface area (Å²) in [5.41, 5.74) is 3.38. The number of aromatic nitrogens is 5. The Morgan fingerprint density at radius 2 is 2.00 bits per heavy atom. The maximum atomic E-state index is 13.3. The molecule has 0 spiro atoms. The number of aromatic amines is 1. The number of H-pyrrole nitrogens is 1. The van der Waals surface area contributed by atoms with E-state index in [9.17, 15) is 4.39 Å². The molecule has 7 heteroatoms. The number of aryl methyl sites for hydroxylation is 1. The number of nitrogens with one attached hydrogen (secondary N) is 1. The van der Waals surface area contributed by atoms with Crippen molar-refractivity contribution in [1.82, 2.24) is 29.9 Å². The van der Waals surface area contributed by atoms with Crippen LogP contribution in [0.5, 0.6) is 0 Å². The molecule has 6 nitrogen and oxygen atoms in total. The topological polar surface area (TPSA) is 62.6 Å². The van der Waals surface area contributed by atoms with Gasteiger partial charge in [-0.2, -0.15) is 10.2 Å². The van der Waals surface area contributed by atoms with Crippen LogP contribution in [-0.2, 0) is 25.9 Å².